The molecule has 5 nitrogen and oxygen atoms in total. The number of para-hydroxylation sites is 2. The number of H-pyrrole nitrogens is 1. The van der Waals surface area contributed by atoms with Gasteiger partial charge in [-0.1, -0.05) is 54.1 Å². The first-order valence-electron chi connectivity index (χ1n) is 10.2. The minimum Gasteiger partial charge on any atom is -0.489 e. The van der Waals surface area contributed by atoms with Crippen LogP contribution in [0.15, 0.2) is 72.9 Å². The summed E-state index contributed by atoms with van der Waals surface area (Å²) in [5, 5.41) is 14.2. The Morgan fingerprint density at radius 3 is 2.66 bits per heavy atom. The lowest BCUT2D eigenvalue weighted by atomic mass is 10.0. The molecule has 7 heteroatoms. The van der Waals surface area contributed by atoms with Crippen LogP contribution < -0.4 is 10.1 Å². The molecule has 164 valence electrons. The van der Waals surface area contributed by atoms with E-state index in [0.29, 0.717) is 29.3 Å². The number of nitrogens with one attached hydrogen (secondary N) is 2. The van der Waals surface area contributed by atoms with Crippen LogP contribution in [0.5, 0.6) is 5.75 Å². The van der Waals surface area contributed by atoms with E-state index in [2.05, 4.69) is 10.3 Å². The van der Waals surface area contributed by atoms with Crippen LogP contribution in [-0.4, -0.2) is 22.1 Å². The number of fused-ring (bicyclic) bond motifs is 1. The van der Waals surface area contributed by atoms with Crippen LogP contribution in [0.2, 0.25) is 5.02 Å². The average molecular weight is 453 g/mol. The van der Waals surface area contributed by atoms with Crippen molar-refractivity contribution in [2.24, 2.45) is 0 Å². The molecule has 0 fully saturated rings. The van der Waals surface area contributed by atoms with E-state index in [1.807, 2.05) is 54.7 Å². The van der Waals surface area contributed by atoms with E-state index < -0.39 is 17.8 Å². The van der Waals surface area contributed by atoms with Crippen molar-refractivity contribution in [2.45, 2.75) is 25.6 Å². The van der Waals surface area contributed by atoms with Crippen molar-refractivity contribution >= 4 is 28.5 Å². The molecule has 0 bridgehead atoms. The molecule has 0 radical (unpaired) electrons. The lowest BCUT2D eigenvalue weighted by Gasteiger charge is -2.17. The first kappa shape index (κ1) is 21.9. The zero-order valence-corrected chi connectivity index (χ0v) is 17.9. The number of carboxylic acid groups (broad SMARTS) is 1. The maximum Gasteiger partial charge on any atom is 0.321 e. The molecule has 0 saturated carbocycles. The second-order valence-corrected chi connectivity index (χ2v) is 7.87. The van der Waals surface area contributed by atoms with Gasteiger partial charge in [-0.05, 0) is 29.8 Å². The van der Waals surface area contributed by atoms with E-state index in [1.165, 1.54) is 12.1 Å². The molecule has 1 aromatic heterocycles. The Morgan fingerprint density at radius 1 is 1.06 bits per heavy atom. The Bertz CT molecular complexity index is 1240. The quantitative estimate of drug-likeness (QED) is 0.321. The molecule has 0 unspecified atom stereocenters. The molecule has 0 aliphatic carbocycles. The normalized spacial score (nSPS) is 12.1. The van der Waals surface area contributed by atoms with Crippen LogP contribution in [0, 0.1) is 5.82 Å². The van der Waals surface area contributed by atoms with Crippen molar-refractivity contribution in [3.63, 3.8) is 0 Å². The largest absolute Gasteiger partial charge is 0.489 e. The number of rotatable bonds is 9. The molecule has 3 aromatic carbocycles. The molecule has 0 amide bonds. The third-order valence-electron chi connectivity index (χ3n) is 5.31. The Balaban J connectivity index is 1.44. The highest BCUT2D eigenvalue weighted by Gasteiger charge is 2.20. The predicted molar refractivity (Wildman–Crippen MR) is 122 cm³/mol. The summed E-state index contributed by atoms with van der Waals surface area (Å²) >= 11 is 6.08. The average Bonchev–Trinajstić information content (AvgIpc) is 3.19. The number of carboxylic acids is 1. The van der Waals surface area contributed by atoms with Gasteiger partial charge in [0.05, 0.1) is 5.02 Å². The SMILES string of the molecule is O=C(O)[C@H](Cc1c[nH]c2ccccc12)NCc1ccccc1OCc1ccc(F)cc1Cl. The lowest BCUT2D eigenvalue weighted by molar-refractivity contribution is -0.139. The summed E-state index contributed by atoms with van der Waals surface area (Å²) in [7, 11) is 0. The summed E-state index contributed by atoms with van der Waals surface area (Å²) in [5.41, 5.74) is 3.40. The molecular formula is C25H22ClFN2O3. The molecule has 4 rings (SSSR count). The molecule has 4 aromatic rings. The number of carbonyl (C=O) groups is 1. The first-order valence-corrected chi connectivity index (χ1v) is 10.5. The number of halogens is 2. The zero-order chi connectivity index (χ0) is 22.5. The second kappa shape index (κ2) is 9.85. The number of aromatic amines is 1. The highest BCUT2D eigenvalue weighted by Crippen LogP contribution is 2.23. The lowest BCUT2D eigenvalue weighted by Crippen LogP contribution is -2.38. The summed E-state index contributed by atoms with van der Waals surface area (Å²) < 4.78 is 19.2. The summed E-state index contributed by atoms with van der Waals surface area (Å²) in [4.78, 5) is 15.1. The molecular weight excluding hydrogens is 431 g/mol. The van der Waals surface area contributed by atoms with Crippen molar-refractivity contribution in [3.05, 3.63) is 100 Å². The summed E-state index contributed by atoms with van der Waals surface area (Å²) in [6.07, 6.45) is 2.19. The topological polar surface area (TPSA) is 74.3 Å². The molecule has 0 aliphatic heterocycles. The van der Waals surface area contributed by atoms with Crippen LogP contribution in [0.25, 0.3) is 10.9 Å². The number of hydrogen-bond donors (Lipinski definition) is 3. The van der Waals surface area contributed by atoms with Crippen LogP contribution >= 0.6 is 11.6 Å². The Kier molecular flexibility index (Phi) is 6.73. The van der Waals surface area contributed by atoms with Gasteiger partial charge in [-0.2, -0.15) is 0 Å². The van der Waals surface area contributed by atoms with Gasteiger partial charge in [-0.25, -0.2) is 4.39 Å². The standard InChI is InChI=1S/C25H22ClFN2O3/c26-21-12-19(27)10-9-17(21)15-32-24-8-4-1-5-16(24)13-29-23(25(30)31)11-18-14-28-22-7-3-2-6-20(18)22/h1-10,12,14,23,28-29H,11,13,15H2,(H,30,31)/t23-/m0/s1. The van der Waals surface area contributed by atoms with E-state index in [1.54, 1.807) is 6.07 Å². The van der Waals surface area contributed by atoms with Crippen molar-refractivity contribution in [2.75, 3.05) is 0 Å². The molecule has 1 heterocycles. The first-order chi connectivity index (χ1) is 15.5. The minimum atomic E-state index is -0.924. The van der Waals surface area contributed by atoms with Gasteiger partial charge in [0.2, 0.25) is 0 Å². The van der Waals surface area contributed by atoms with E-state index >= 15 is 0 Å². The van der Waals surface area contributed by atoms with Crippen molar-refractivity contribution in [1.29, 1.82) is 0 Å². The van der Waals surface area contributed by atoms with Crippen LogP contribution in [0.3, 0.4) is 0 Å². The number of benzene rings is 3. The van der Waals surface area contributed by atoms with Gasteiger partial charge in [-0.15, -0.1) is 0 Å². The maximum absolute atomic E-state index is 13.3. The van der Waals surface area contributed by atoms with Gasteiger partial charge in [0, 0.05) is 41.2 Å². The van der Waals surface area contributed by atoms with Crippen molar-refractivity contribution < 1.29 is 19.0 Å². The summed E-state index contributed by atoms with van der Waals surface area (Å²) in [6.45, 7) is 0.487. The zero-order valence-electron chi connectivity index (χ0n) is 17.1. The van der Waals surface area contributed by atoms with Gasteiger partial charge in [0.25, 0.3) is 0 Å². The summed E-state index contributed by atoms with van der Waals surface area (Å²) in [5.74, 6) is -0.721. The van der Waals surface area contributed by atoms with Crippen molar-refractivity contribution in [1.82, 2.24) is 10.3 Å². The molecule has 32 heavy (non-hydrogen) atoms. The fourth-order valence-corrected chi connectivity index (χ4v) is 3.81. The Labute approximate surface area is 189 Å². The number of aromatic nitrogens is 1. The van der Waals surface area contributed by atoms with E-state index in [0.717, 1.165) is 22.0 Å². The second-order valence-electron chi connectivity index (χ2n) is 7.47. The monoisotopic (exact) mass is 452 g/mol. The van der Waals surface area contributed by atoms with Gasteiger partial charge < -0.3 is 14.8 Å². The third-order valence-corrected chi connectivity index (χ3v) is 5.66. The van der Waals surface area contributed by atoms with Crippen LogP contribution in [-0.2, 0) is 24.4 Å². The molecule has 1 atom stereocenters. The third kappa shape index (κ3) is 5.10. The highest BCUT2D eigenvalue weighted by atomic mass is 35.5. The predicted octanol–water partition coefficient (Wildman–Crippen LogP) is 5.32. The van der Waals surface area contributed by atoms with E-state index in [4.69, 9.17) is 16.3 Å². The number of ether oxygens (including phenoxy) is 1. The van der Waals surface area contributed by atoms with Crippen molar-refractivity contribution in [3.8, 4) is 5.75 Å². The Morgan fingerprint density at radius 2 is 1.84 bits per heavy atom. The van der Waals surface area contributed by atoms with E-state index in [9.17, 15) is 14.3 Å². The summed E-state index contributed by atoms with van der Waals surface area (Å²) in [6, 6.07) is 18.6. The van der Waals surface area contributed by atoms with Crippen LogP contribution in [0.1, 0.15) is 16.7 Å². The molecule has 3 N–H and O–H groups in total. The fourth-order valence-electron chi connectivity index (χ4n) is 3.59. The van der Waals surface area contributed by atoms with Gasteiger partial charge in [0.1, 0.15) is 24.2 Å². The van der Waals surface area contributed by atoms with E-state index in [-0.39, 0.29) is 6.61 Å². The number of hydrogen-bond acceptors (Lipinski definition) is 3. The van der Waals surface area contributed by atoms with Gasteiger partial charge in [-0.3, -0.25) is 10.1 Å². The molecule has 0 spiro atoms. The highest BCUT2D eigenvalue weighted by molar-refractivity contribution is 6.31. The minimum absolute atomic E-state index is 0.174. The van der Waals surface area contributed by atoms with Crippen LogP contribution in [0.4, 0.5) is 4.39 Å². The van der Waals surface area contributed by atoms with Gasteiger partial charge in [0.15, 0.2) is 0 Å². The Hall–Kier alpha value is -3.35. The maximum atomic E-state index is 13.3. The fraction of sp³-hybridized carbons (Fsp3) is 0.160. The molecule has 0 saturated heterocycles. The molecule has 0 aliphatic rings. The van der Waals surface area contributed by atoms with Gasteiger partial charge >= 0.3 is 5.97 Å². The number of aliphatic carboxylic acids is 1. The smallest absolute Gasteiger partial charge is 0.321 e.